The van der Waals surface area contributed by atoms with Crippen LogP contribution in [0, 0.1) is 0 Å². The number of hydrogen-bond donors (Lipinski definition) is 0. The quantitative estimate of drug-likeness (QED) is 0.363. The van der Waals surface area contributed by atoms with Gasteiger partial charge in [-0.05, 0) is 13.8 Å². The molecule has 0 rings (SSSR count). The lowest BCUT2D eigenvalue weighted by Crippen LogP contribution is -2.12. The van der Waals surface area contributed by atoms with Crippen molar-refractivity contribution >= 4 is 17.5 Å². The van der Waals surface area contributed by atoms with Crippen LogP contribution in [0.25, 0.3) is 0 Å². The van der Waals surface area contributed by atoms with Crippen molar-refractivity contribution < 1.29 is 19.1 Å². The topological polar surface area (TPSA) is 60.4 Å². The molecule has 0 aromatic rings. The van der Waals surface area contributed by atoms with Crippen molar-refractivity contribution in [2.75, 3.05) is 6.61 Å². The monoisotopic (exact) mass is 198 g/mol. The van der Waals surface area contributed by atoms with Gasteiger partial charge in [-0.15, -0.1) is 0 Å². The van der Waals surface area contributed by atoms with Gasteiger partial charge in [0.25, 0.3) is 0 Å². The van der Waals surface area contributed by atoms with Gasteiger partial charge in [-0.25, -0.2) is 4.79 Å². The summed E-state index contributed by atoms with van der Waals surface area (Å²) in [5, 5.41) is 0. The second kappa shape index (κ2) is 6.07. The van der Waals surface area contributed by atoms with Crippen molar-refractivity contribution in [1.82, 2.24) is 0 Å². The van der Waals surface area contributed by atoms with Gasteiger partial charge in [0.2, 0.25) is 0 Å². The molecule has 0 unspecified atom stereocenters. The Balaban J connectivity index is 4.00. The van der Waals surface area contributed by atoms with Gasteiger partial charge >= 0.3 is 5.97 Å². The number of ketones is 2. The Morgan fingerprint density at radius 2 is 1.79 bits per heavy atom. The number of ether oxygens (including phenoxy) is 1. The maximum atomic E-state index is 11.1. The molecular weight excluding hydrogens is 184 g/mol. The summed E-state index contributed by atoms with van der Waals surface area (Å²) in [5.41, 5.74) is 0.0955. The molecule has 0 fully saturated rings. The van der Waals surface area contributed by atoms with E-state index in [1.54, 1.807) is 6.92 Å². The summed E-state index contributed by atoms with van der Waals surface area (Å²) in [5.74, 6) is -1.10. The molecule has 0 radical (unpaired) electrons. The van der Waals surface area contributed by atoms with Crippen LogP contribution in [0.1, 0.15) is 26.7 Å². The predicted molar refractivity (Wildman–Crippen MR) is 50.7 cm³/mol. The molecule has 0 aliphatic rings. The van der Waals surface area contributed by atoms with Gasteiger partial charge in [-0.3, -0.25) is 9.59 Å². The minimum Gasteiger partial charge on any atom is -0.463 e. The average molecular weight is 198 g/mol. The molecular formula is C10H14O4. The third kappa shape index (κ3) is 5.24. The molecule has 0 aromatic heterocycles. The Labute approximate surface area is 82.9 Å². The molecule has 0 saturated carbocycles. The van der Waals surface area contributed by atoms with E-state index < -0.39 is 5.97 Å². The van der Waals surface area contributed by atoms with E-state index in [-0.39, 0.29) is 36.6 Å². The number of esters is 1. The first kappa shape index (κ1) is 12.6. The Kier molecular flexibility index (Phi) is 5.44. The Hall–Kier alpha value is -1.45. The highest BCUT2D eigenvalue weighted by molar-refractivity contribution is 6.02. The first-order chi connectivity index (χ1) is 6.47. The zero-order valence-corrected chi connectivity index (χ0v) is 8.46. The van der Waals surface area contributed by atoms with Crippen molar-refractivity contribution in [2.45, 2.75) is 26.7 Å². The number of rotatable bonds is 6. The normalized spacial score (nSPS) is 9.29. The van der Waals surface area contributed by atoms with Crippen molar-refractivity contribution in [3.8, 4) is 0 Å². The molecule has 4 nitrogen and oxygen atoms in total. The molecule has 0 spiro atoms. The number of hydrogen-bond acceptors (Lipinski definition) is 4. The third-order valence-electron chi connectivity index (χ3n) is 1.42. The average Bonchev–Trinajstić information content (AvgIpc) is 2.02. The van der Waals surface area contributed by atoms with E-state index in [1.807, 2.05) is 0 Å². The predicted octanol–water partition coefficient (Wildman–Crippen LogP) is 1.04. The number of carbonyl (C=O) groups excluding carboxylic acids is 3. The van der Waals surface area contributed by atoms with Crippen molar-refractivity contribution in [1.29, 1.82) is 0 Å². The van der Waals surface area contributed by atoms with E-state index in [0.29, 0.717) is 0 Å². The smallest absolute Gasteiger partial charge is 0.333 e. The summed E-state index contributed by atoms with van der Waals surface area (Å²) in [7, 11) is 0. The maximum Gasteiger partial charge on any atom is 0.333 e. The maximum absolute atomic E-state index is 11.1. The Bertz CT molecular complexity index is 265. The second-order valence-electron chi connectivity index (χ2n) is 2.92. The van der Waals surface area contributed by atoms with Crippen LogP contribution in [0.3, 0.4) is 0 Å². The summed E-state index contributed by atoms with van der Waals surface area (Å²) in [6.45, 7) is 6.66. The van der Waals surface area contributed by atoms with Crippen LogP contribution < -0.4 is 0 Å². The van der Waals surface area contributed by atoms with Crippen LogP contribution in [-0.4, -0.2) is 24.1 Å². The molecule has 0 atom stereocenters. The first-order valence-corrected chi connectivity index (χ1v) is 4.33. The Morgan fingerprint density at radius 3 is 2.21 bits per heavy atom. The summed E-state index contributed by atoms with van der Waals surface area (Å²) in [4.78, 5) is 32.7. The molecule has 0 bridgehead atoms. The SMILES string of the molecule is C=C(CC(=O)CC(C)=O)C(=O)OCC. The molecule has 0 amide bonds. The zero-order chi connectivity index (χ0) is 11.1. The fourth-order valence-electron chi connectivity index (χ4n) is 0.883. The summed E-state index contributed by atoms with van der Waals surface area (Å²) in [6, 6.07) is 0. The molecule has 0 aliphatic heterocycles. The van der Waals surface area contributed by atoms with Crippen LogP contribution in [0.2, 0.25) is 0 Å². The lowest BCUT2D eigenvalue weighted by Gasteiger charge is -2.03. The van der Waals surface area contributed by atoms with E-state index in [4.69, 9.17) is 0 Å². The van der Waals surface area contributed by atoms with Crippen LogP contribution in [0.4, 0.5) is 0 Å². The highest BCUT2D eigenvalue weighted by Gasteiger charge is 2.13. The summed E-state index contributed by atoms with van der Waals surface area (Å²) >= 11 is 0. The van der Waals surface area contributed by atoms with E-state index in [9.17, 15) is 14.4 Å². The summed E-state index contributed by atoms with van der Waals surface area (Å²) < 4.78 is 4.63. The molecule has 14 heavy (non-hydrogen) atoms. The van der Waals surface area contributed by atoms with Gasteiger partial charge in [-0.2, -0.15) is 0 Å². The van der Waals surface area contributed by atoms with Gasteiger partial charge < -0.3 is 4.74 Å². The zero-order valence-electron chi connectivity index (χ0n) is 8.46. The Morgan fingerprint density at radius 1 is 1.21 bits per heavy atom. The first-order valence-electron chi connectivity index (χ1n) is 4.33. The lowest BCUT2D eigenvalue weighted by molar-refractivity contribution is -0.139. The van der Waals surface area contributed by atoms with Gasteiger partial charge in [-0.1, -0.05) is 6.58 Å². The van der Waals surface area contributed by atoms with Gasteiger partial charge in [0.1, 0.15) is 11.6 Å². The van der Waals surface area contributed by atoms with Crippen LogP contribution in [-0.2, 0) is 19.1 Å². The van der Waals surface area contributed by atoms with Crippen LogP contribution in [0.15, 0.2) is 12.2 Å². The second-order valence-corrected chi connectivity index (χ2v) is 2.92. The summed E-state index contributed by atoms with van der Waals surface area (Å²) in [6.07, 6.45) is -0.267. The molecule has 78 valence electrons. The van der Waals surface area contributed by atoms with E-state index in [2.05, 4.69) is 11.3 Å². The van der Waals surface area contributed by atoms with Gasteiger partial charge in [0, 0.05) is 12.0 Å². The molecule has 0 aliphatic carbocycles. The van der Waals surface area contributed by atoms with E-state index in [1.165, 1.54) is 6.92 Å². The van der Waals surface area contributed by atoms with Crippen molar-refractivity contribution in [2.24, 2.45) is 0 Å². The molecule has 4 heteroatoms. The molecule has 0 saturated heterocycles. The lowest BCUT2D eigenvalue weighted by atomic mass is 10.1. The van der Waals surface area contributed by atoms with Crippen molar-refractivity contribution in [3.63, 3.8) is 0 Å². The minimum atomic E-state index is -0.579. The van der Waals surface area contributed by atoms with Gasteiger partial charge in [0.15, 0.2) is 0 Å². The third-order valence-corrected chi connectivity index (χ3v) is 1.42. The molecule has 0 heterocycles. The highest BCUT2D eigenvalue weighted by Crippen LogP contribution is 2.04. The van der Waals surface area contributed by atoms with Crippen molar-refractivity contribution in [3.05, 3.63) is 12.2 Å². The number of Topliss-reactive ketones (excluding diaryl/α,β-unsaturated/α-hetero) is 2. The highest BCUT2D eigenvalue weighted by atomic mass is 16.5. The van der Waals surface area contributed by atoms with E-state index in [0.717, 1.165) is 0 Å². The molecule has 0 aromatic carbocycles. The fraction of sp³-hybridized carbons (Fsp3) is 0.500. The molecule has 0 N–H and O–H groups in total. The standard InChI is InChI=1S/C10H14O4/c1-4-14-10(13)7(2)5-9(12)6-8(3)11/h2,4-6H2,1,3H3. The minimum absolute atomic E-state index is 0.0955. The fourth-order valence-corrected chi connectivity index (χ4v) is 0.883. The largest absolute Gasteiger partial charge is 0.463 e. The number of carbonyl (C=O) groups is 3. The van der Waals surface area contributed by atoms with Gasteiger partial charge in [0.05, 0.1) is 13.0 Å². The van der Waals surface area contributed by atoms with Crippen LogP contribution in [0.5, 0.6) is 0 Å². The van der Waals surface area contributed by atoms with Crippen LogP contribution >= 0.6 is 0 Å². The van der Waals surface area contributed by atoms with E-state index >= 15 is 0 Å².